The fourth-order valence-electron chi connectivity index (χ4n) is 1.64. The molecule has 0 aromatic heterocycles. The molecule has 0 bridgehead atoms. The third-order valence-corrected chi connectivity index (χ3v) is 3.24. The predicted octanol–water partition coefficient (Wildman–Crippen LogP) is 1.50. The number of rotatable bonds is 7. The van der Waals surface area contributed by atoms with Gasteiger partial charge in [0.25, 0.3) is 0 Å². The Labute approximate surface area is 120 Å². The Morgan fingerprint density at radius 1 is 1.58 bits per heavy atom. The summed E-state index contributed by atoms with van der Waals surface area (Å²) >= 11 is 3.12. The molecule has 0 spiro atoms. The topological polar surface area (TPSA) is 58.6 Å². The van der Waals surface area contributed by atoms with Crippen LogP contribution in [0.4, 0.5) is 4.39 Å². The number of methoxy groups -OCH3 is 1. The lowest BCUT2D eigenvalue weighted by Gasteiger charge is -2.15. The molecule has 0 aliphatic carbocycles. The molecule has 1 aromatic carbocycles. The maximum Gasteiger partial charge on any atom is 0.245 e. The molecule has 1 amide bonds. The summed E-state index contributed by atoms with van der Waals surface area (Å²) in [5, 5.41) is 12.0. The molecule has 1 aromatic rings. The van der Waals surface area contributed by atoms with Crippen LogP contribution in [0.1, 0.15) is 5.56 Å². The van der Waals surface area contributed by atoms with E-state index in [1.54, 1.807) is 12.1 Å². The molecule has 4 nitrogen and oxygen atoms in total. The SMILES string of the molecule is COCC(=O)NC[C@@H](CO)Cc1ccc(F)c(Br)c1. The van der Waals surface area contributed by atoms with Crippen LogP contribution < -0.4 is 5.32 Å². The number of aliphatic hydroxyl groups excluding tert-OH is 1. The normalized spacial score (nSPS) is 12.2. The van der Waals surface area contributed by atoms with E-state index in [0.717, 1.165) is 5.56 Å². The highest BCUT2D eigenvalue weighted by Gasteiger charge is 2.11. The first-order chi connectivity index (χ1) is 9.06. The lowest BCUT2D eigenvalue weighted by Crippen LogP contribution is -2.34. The number of hydrogen-bond acceptors (Lipinski definition) is 3. The number of amides is 1. The summed E-state index contributed by atoms with van der Waals surface area (Å²) in [5.74, 6) is -0.655. The summed E-state index contributed by atoms with van der Waals surface area (Å²) in [5.41, 5.74) is 0.897. The van der Waals surface area contributed by atoms with Crippen LogP contribution in [0.25, 0.3) is 0 Å². The molecule has 0 saturated heterocycles. The van der Waals surface area contributed by atoms with Crippen LogP contribution in [0.5, 0.6) is 0 Å². The van der Waals surface area contributed by atoms with Crippen molar-refractivity contribution >= 4 is 21.8 Å². The van der Waals surface area contributed by atoms with Gasteiger partial charge in [-0.05, 0) is 40.0 Å². The Balaban J connectivity index is 2.51. The highest BCUT2D eigenvalue weighted by Crippen LogP contribution is 2.18. The minimum Gasteiger partial charge on any atom is -0.396 e. The van der Waals surface area contributed by atoms with E-state index >= 15 is 0 Å². The van der Waals surface area contributed by atoms with Crippen molar-refractivity contribution in [3.05, 3.63) is 34.1 Å². The zero-order valence-electron chi connectivity index (χ0n) is 10.7. The number of ether oxygens (including phenoxy) is 1. The van der Waals surface area contributed by atoms with Crippen molar-refractivity contribution < 1.29 is 19.0 Å². The molecule has 0 heterocycles. The lowest BCUT2D eigenvalue weighted by molar-refractivity contribution is -0.124. The average Bonchev–Trinajstić information content (AvgIpc) is 2.39. The zero-order valence-corrected chi connectivity index (χ0v) is 12.2. The lowest BCUT2D eigenvalue weighted by atomic mass is 10.00. The van der Waals surface area contributed by atoms with Crippen LogP contribution >= 0.6 is 15.9 Å². The van der Waals surface area contributed by atoms with Gasteiger partial charge in [0, 0.05) is 26.2 Å². The summed E-state index contributed by atoms with van der Waals surface area (Å²) in [6.45, 7) is 0.302. The van der Waals surface area contributed by atoms with Gasteiger partial charge in [0.05, 0.1) is 4.47 Å². The van der Waals surface area contributed by atoms with E-state index in [9.17, 15) is 14.3 Å². The van der Waals surface area contributed by atoms with E-state index < -0.39 is 0 Å². The fourth-order valence-corrected chi connectivity index (χ4v) is 2.07. The van der Waals surface area contributed by atoms with Gasteiger partial charge in [-0.2, -0.15) is 0 Å². The standard InChI is InChI=1S/C13H17BrFNO3/c1-19-8-13(18)16-6-10(7-17)4-9-2-3-12(15)11(14)5-9/h2-3,5,10,17H,4,6-8H2,1H3,(H,16,18)/t10-/m0/s1. The summed E-state index contributed by atoms with van der Waals surface area (Å²) in [6.07, 6.45) is 0.558. The molecule has 2 N–H and O–H groups in total. The van der Waals surface area contributed by atoms with Gasteiger partial charge in [-0.25, -0.2) is 4.39 Å². The van der Waals surface area contributed by atoms with Crippen molar-refractivity contribution in [2.45, 2.75) is 6.42 Å². The quantitative estimate of drug-likeness (QED) is 0.795. The second-order valence-electron chi connectivity index (χ2n) is 4.24. The van der Waals surface area contributed by atoms with E-state index in [1.807, 2.05) is 0 Å². The van der Waals surface area contributed by atoms with Gasteiger partial charge in [0.2, 0.25) is 5.91 Å². The fraction of sp³-hybridized carbons (Fsp3) is 0.462. The van der Waals surface area contributed by atoms with E-state index in [4.69, 9.17) is 4.74 Å². The van der Waals surface area contributed by atoms with Crippen molar-refractivity contribution in [3.63, 3.8) is 0 Å². The Bertz CT molecular complexity index is 428. The van der Waals surface area contributed by atoms with E-state index in [-0.39, 0.29) is 30.9 Å². The number of aliphatic hydroxyl groups is 1. The number of carbonyl (C=O) groups is 1. The highest BCUT2D eigenvalue weighted by atomic mass is 79.9. The predicted molar refractivity (Wildman–Crippen MR) is 73.3 cm³/mol. The molecule has 0 radical (unpaired) electrons. The summed E-state index contributed by atoms with van der Waals surface area (Å²) in [4.78, 5) is 11.2. The third-order valence-electron chi connectivity index (χ3n) is 2.63. The van der Waals surface area contributed by atoms with Crippen LogP contribution in [0.3, 0.4) is 0 Å². The molecule has 1 atom stereocenters. The smallest absolute Gasteiger partial charge is 0.245 e. The number of nitrogens with one attached hydrogen (secondary N) is 1. The molecule has 1 rings (SSSR count). The molecule has 106 valence electrons. The number of halogens is 2. The zero-order chi connectivity index (χ0) is 14.3. The summed E-state index contributed by atoms with van der Waals surface area (Å²) in [7, 11) is 1.44. The number of hydrogen-bond donors (Lipinski definition) is 2. The van der Waals surface area contributed by atoms with Gasteiger partial charge in [0.15, 0.2) is 0 Å². The summed E-state index contributed by atoms with van der Waals surface area (Å²) in [6, 6.07) is 4.71. The molecular formula is C13H17BrFNO3. The van der Waals surface area contributed by atoms with Crippen LogP contribution in [0.2, 0.25) is 0 Å². The maximum atomic E-state index is 13.1. The second kappa shape index (κ2) is 8.24. The first kappa shape index (κ1) is 16.1. The molecule has 6 heteroatoms. The van der Waals surface area contributed by atoms with Gasteiger partial charge < -0.3 is 15.2 Å². The minimum atomic E-state index is -0.322. The Kier molecular flexibility index (Phi) is 6.97. The second-order valence-corrected chi connectivity index (χ2v) is 5.09. The van der Waals surface area contributed by atoms with Crippen molar-refractivity contribution in [3.8, 4) is 0 Å². The van der Waals surface area contributed by atoms with Gasteiger partial charge >= 0.3 is 0 Å². The Morgan fingerprint density at radius 2 is 2.32 bits per heavy atom. The van der Waals surface area contributed by atoms with Crippen molar-refractivity contribution in [1.29, 1.82) is 0 Å². The summed E-state index contributed by atoms with van der Waals surface area (Å²) < 4.78 is 18.2. The van der Waals surface area contributed by atoms with Crippen molar-refractivity contribution in [2.24, 2.45) is 5.92 Å². The molecule has 0 aliphatic rings. The molecule has 0 unspecified atom stereocenters. The first-order valence-corrected chi connectivity index (χ1v) is 6.66. The molecule has 0 aliphatic heterocycles. The largest absolute Gasteiger partial charge is 0.396 e. The van der Waals surface area contributed by atoms with Crippen LogP contribution in [0.15, 0.2) is 22.7 Å². The highest BCUT2D eigenvalue weighted by molar-refractivity contribution is 9.10. The van der Waals surface area contributed by atoms with Gasteiger partial charge in [-0.15, -0.1) is 0 Å². The van der Waals surface area contributed by atoms with Gasteiger partial charge in [0.1, 0.15) is 12.4 Å². The van der Waals surface area contributed by atoms with Crippen molar-refractivity contribution in [2.75, 3.05) is 26.9 Å². The number of carbonyl (C=O) groups excluding carboxylic acids is 1. The molecule has 0 fully saturated rings. The van der Waals surface area contributed by atoms with Gasteiger partial charge in [-0.1, -0.05) is 6.07 Å². The van der Waals surface area contributed by atoms with Crippen LogP contribution in [-0.4, -0.2) is 37.9 Å². The minimum absolute atomic E-state index is 0.000243. The van der Waals surface area contributed by atoms with Gasteiger partial charge in [-0.3, -0.25) is 4.79 Å². The third kappa shape index (κ3) is 5.67. The first-order valence-electron chi connectivity index (χ1n) is 5.87. The molecule has 19 heavy (non-hydrogen) atoms. The Hall–Kier alpha value is -0.980. The van der Waals surface area contributed by atoms with E-state index in [0.29, 0.717) is 17.4 Å². The number of benzene rings is 1. The average molecular weight is 334 g/mol. The van der Waals surface area contributed by atoms with E-state index in [1.165, 1.54) is 13.2 Å². The monoisotopic (exact) mass is 333 g/mol. The van der Waals surface area contributed by atoms with Crippen molar-refractivity contribution in [1.82, 2.24) is 5.32 Å². The Morgan fingerprint density at radius 3 is 2.89 bits per heavy atom. The molecular weight excluding hydrogens is 317 g/mol. The van der Waals surface area contributed by atoms with Crippen LogP contribution in [-0.2, 0) is 16.0 Å². The maximum absolute atomic E-state index is 13.1. The van der Waals surface area contributed by atoms with E-state index in [2.05, 4.69) is 21.2 Å². The molecule has 0 saturated carbocycles. The van der Waals surface area contributed by atoms with Crippen LogP contribution in [0, 0.1) is 11.7 Å².